The molecule has 0 saturated carbocycles. The standard InChI is InChI=1S/C21H18O/c1-22-20-15-12-17(13-16-20)11-14-19-9-5-6-10-21(19)18-7-3-2-4-8-18/h2-16H,1H3/b14-11-. The largest absolute Gasteiger partial charge is 0.497 e. The van der Waals surface area contributed by atoms with Crippen molar-refractivity contribution in [2.24, 2.45) is 0 Å². The smallest absolute Gasteiger partial charge is 0.118 e. The van der Waals surface area contributed by atoms with Crippen molar-refractivity contribution in [1.29, 1.82) is 0 Å². The fraction of sp³-hybridized carbons (Fsp3) is 0.0476. The first kappa shape index (κ1) is 14.2. The molecule has 0 fully saturated rings. The molecule has 0 spiro atoms. The zero-order valence-electron chi connectivity index (χ0n) is 12.6. The summed E-state index contributed by atoms with van der Waals surface area (Å²) >= 11 is 0. The minimum Gasteiger partial charge on any atom is -0.497 e. The molecule has 3 aromatic carbocycles. The van der Waals surface area contributed by atoms with Gasteiger partial charge in [0.15, 0.2) is 0 Å². The van der Waals surface area contributed by atoms with E-state index in [0.29, 0.717) is 0 Å². The first-order valence-corrected chi connectivity index (χ1v) is 7.33. The molecule has 108 valence electrons. The van der Waals surface area contributed by atoms with Gasteiger partial charge in [-0.15, -0.1) is 0 Å². The number of hydrogen-bond acceptors (Lipinski definition) is 1. The topological polar surface area (TPSA) is 9.23 Å². The van der Waals surface area contributed by atoms with E-state index in [9.17, 15) is 0 Å². The molecule has 0 N–H and O–H groups in total. The molecule has 1 heteroatoms. The molecule has 3 aromatic rings. The lowest BCUT2D eigenvalue weighted by atomic mass is 9.99. The van der Waals surface area contributed by atoms with E-state index in [4.69, 9.17) is 4.74 Å². The van der Waals surface area contributed by atoms with Gasteiger partial charge in [-0.25, -0.2) is 0 Å². The van der Waals surface area contributed by atoms with Gasteiger partial charge in [0.25, 0.3) is 0 Å². The van der Waals surface area contributed by atoms with Crippen LogP contribution in [0, 0.1) is 0 Å². The highest BCUT2D eigenvalue weighted by atomic mass is 16.5. The molecule has 3 rings (SSSR count). The molecule has 0 heterocycles. The molecule has 0 atom stereocenters. The van der Waals surface area contributed by atoms with Gasteiger partial charge in [0.05, 0.1) is 7.11 Å². The van der Waals surface area contributed by atoms with Crippen LogP contribution in [0.2, 0.25) is 0 Å². The molecule has 0 unspecified atom stereocenters. The predicted molar refractivity (Wildman–Crippen MR) is 93.8 cm³/mol. The van der Waals surface area contributed by atoms with Crippen molar-refractivity contribution in [3.8, 4) is 16.9 Å². The third-order valence-electron chi connectivity index (χ3n) is 3.62. The van der Waals surface area contributed by atoms with Gasteiger partial charge >= 0.3 is 0 Å². The molecular formula is C21H18O. The third-order valence-corrected chi connectivity index (χ3v) is 3.62. The van der Waals surface area contributed by atoms with E-state index in [-0.39, 0.29) is 0 Å². The van der Waals surface area contributed by atoms with Gasteiger partial charge in [-0.1, -0.05) is 78.9 Å². The van der Waals surface area contributed by atoms with Crippen LogP contribution in [0.4, 0.5) is 0 Å². The van der Waals surface area contributed by atoms with Crippen molar-refractivity contribution in [2.45, 2.75) is 0 Å². The lowest BCUT2D eigenvalue weighted by Crippen LogP contribution is -1.83. The van der Waals surface area contributed by atoms with Crippen molar-refractivity contribution >= 4 is 12.2 Å². The van der Waals surface area contributed by atoms with Crippen LogP contribution in [0.3, 0.4) is 0 Å². The van der Waals surface area contributed by atoms with Crippen LogP contribution < -0.4 is 4.74 Å². The normalized spacial score (nSPS) is 10.8. The number of benzene rings is 3. The van der Waals surface area contributed by atoms with Crippen molar-refractivity contribution < 1.29 is 4.74 Å². The minimum atomic E-state index is 0.877. The predicted octanol–water partition coefficient (Wildman–Crippen LogP) is 5.53. The van der Waals surface area contributed by atoms with E-state index < -0.39 is 0 Å². The molecule has 0 aliphatic heterocycles. The SMILES string of the molecule is COc1ccc(/C=C\c2ccccc2-c2ccccc2)cc1. The summed E-state index contributed by atoms with van der Waals surface area (Å²) in [4.78, 5) is 0. The Morgan fingerprint density at radius 2 is 1.36 bits per heavy atom. The van der Waals surface area contributed by atoms with Crippen molar-refractivity contribution in [2.75, 3.05) is 7.11 Å². The molecular weight excluding hydrogens is 268 g/mol. The first-order chi connectivity index (χ1) is 10.9. The Kier molecular flexibility index (Phi) is 4.35. The second-order valence-electron chi connectivity index (χ2n) is 5.06. The molecule has 0 aliphatic rings. The quantitative estimate of drug-likeness (QED) is 0.573. The van der Waals surface area contributed by atoms with Crippen LogP contribution in [-0.4, -0.2) is 7.11 Å². The molecule has 0 aliphatic carbocycles. The van der Waals surface area contributed by atoms with Crippen molar-refractivity contribution in [3.63, 3.8) is 0 Å². The Balaban J connectivity index is 1.90. The van der Waals surface area contributed by atoms with Gasteiger partial charge in [-0.05, 0) is 34.4 Å². The van der Waals surface area contributed by atoms with Gasteiger partial charge in [-0.3, -0.25) is 0 Å². The summed E-state index contributed by atoms with van der Waals surface area (Å²) in [5.74, 6) is 0.877. The van der Waals surface area contributed by atoms with E-state index in [0.717, 1.165) is 11.3 Å². The molecule has 0 aromatic heterocycles. The maximum Gasteiger partial charge on any atom is 0.118 e. The van der Waals surface area contributed by atoms with Crippen molar-refractivity contribution in [1.82, 2.24) is 0 Å². The fourth-order valence-corrected chi connectivity index (χ4v) is 2.42. The monoisotopic (exact) mass is 286 g/mol. The summed E-state index contributed by atoms with van der Waals surface area (Å²) in [5, 5.41) is 0. The van der Waals surface area contributed by atoms with Crippen LogP contribution in [0.15, 0.2) is 78.9 Å². The van der Waals surface area contributed by atoms with Crippen LogP contribution in [0.1, 0.15) is 11.1 Å². The highest BCUT2D eigenvalue weighted by Crippen LogP contribution is 2.25. The number of hydrogen-bond donors (Lipinski definition) is 0. The van der Waals surface area contributed by atoms with Gasteiger partial charge in [0.2, 0.25) is 0 Å². The van der Waals surface area contributed by atoms with E-state index in [2.05, 4.69) is 72.8 Å². The Morgan fingerprint density at radius 3 is 2.09 bits per heavy atom. The average molecular weight is 286 g/mol. The van der Waals surface area contributed by atoms with Crippen LogP contribution in [-0.2, 0) is 0 Å². The molecule has 0 bridgehead atoms. The second kappa shape index (κ2) is 6.77. The number of methoxy groups -OCH3 is 1. The van der Waals surface area contributed by atoms with Gasteiger partial charge in [0.1, 0.15) is 5.75 Å². The lowest BCUT2D eigenvalue weighted by molar-refractivity contribution is 0.415. The minimum absolute atomic E-state index is 0.877. The summed E-state index contributed by atoms with van der Waals surface area (Å²) in [6, 6.07) is 27.0. The van der Waals surface area contributed by atoms with Crippen LogP contribution in [0.25, 0.3) is 23.3 Å². The summed E-state index contributed by atoms with van der Waals surface area (Å²) in [7, 11) is 1.68. The third kappa shape index (κ3) is 3.26. The average Bonchev–Trinajstić information content (AvgIpc) is 2.61. The Labute approximate surface area is 131 Å². The maximum atomic E-state index is 5.18. The lowest BCUT2D eigenvalue weighted by Gasteiger charge is -2.06. The Morgan fingerprint density at radius 1 is 0.682 bits per heavy atom. The zero-order chi connectivity index (χ0) is 15.2. The Hall–Kier alpha value is -2.80. The second-order valence-corrected chi connectivity index (χ2v) is 5.06. The van der Waals surface area contributed by atoms with Gasteiger partial charge < -0.3 is 4.74 Å². The summed E-state index contributed by atoms with van der Waals surface area (Å²) < 4.78 is 5.18. The van der Waals surface area contributed by atoms with Gasteiger partial charge in [-0.2, -0.15) is 0 Å². The molecule has 0 radical (unpaired) electrons. The summed E-state index contributed by atoms with van der Waals surface area (Å²) in [6.45, 7) is 0. The van der Waals surface area contributed by atoms with Crippen LogP contribution in [0.5, 0.6) is 5.75 Å². The summed E-state index contributed by atoms with van der Waals surface area (Å²) in [6.07, 6.45) is 4.28. The first-order valence-electron chi connectivity index (χ1n) is 7.33. The number of ether oxygens (including phenoxy) is 1. The molecule has 1 nitrogen and oxygen atoms in total. The maximum absolute atomic E-state index is 5.18. The van der Waals surface area contributed by atoms with E-state index in [1.807, 2.05) is 18.2 Å². The van der Waals surface area contributed by atoms with Crippen molar-refractivity contribution in [3.05, 3.63) is 90.0 Å². The Bertz CT molecular complexity index is 755. The summed E-state index contributed by atoms with van der Waals surface area (Å²) in [5.41, 5.74) is 4.85. The van der Waals surface area contributed by atoms with Crippen LogP contribution >= 0.6 is 0 Å². The van der Waals surface area contributed by atoms with E-state index in [1.54, 1.807) is 7.11 Å². The molecule has 0 saturated heterocycles. The fourth-order valence-electron chi connectivity index (χ4n) is 2.42. The highest BCUT2D eigenvalue weighted by Gasteiger charge is 2.01. The van der Waals surface area contributed by atoms with E-state index >= 15 is 0 Å². The van der Waals surface area contributed by atoms with E-state index in [1.165, 1.54) is 16.7 Å². The zero-order valence-corrected chi connectivity index (χ0v) is 12.6. The highest BCUT2D eigenvalue weighted by molar-refractivity contribution is 5.80. The van der Waals surface area contributed by atoms with Gasteiger partial charge in [0, 0.05) is 0 Å². The molecule has 0 amide bonds. The molecule has 22 heavy (non-hydrogen) atoms. The number of rotatable bonds is 4.